The van der Waals surface area contributed by atoms with Crippen LogP contribution in [-0.2, 0) is 11.3 Å². The molecule has 3 rings (SSSR count). The summed E-state index contributed by atoms with van der Waals surface area (Å²) in [6.07, 6.45) is 5.44. The second-order valence-corrected chi connectivity index (χ2v) is 7.32. The zero-order valence-electron chi connectivity index (χ0n) is 16.1. The highest BCUT2D eigenvalue weighted by Crippen LogP contribution is 2.29. The van der Waals surface area contributed by atoms with Gasteiger partial charge in [-0.25, -0.2) is 4.39 Å². The van der Waals surface area contributed by atoms with E-state index >= 15 is 0 Å². The Morgan fingerprint density at radius 3 is 2.68 bits per heavy atom. The second-order valence-electron chi connectivity index (χ2n) is 7.32. The zero-order valence-corrected chi connectivity index (χ0v) is 16.1. The fourth-order valence-electron chi connectivity index (χ4n) is 3.78. The molecule has 2 heterocycles. The van der Waals surface area contributed by atoms with Gasteiger partial charge in [-0.05, 0) is 48.1 Å². The Labute approximate surface area is 165 Å². The molecule has 0 radical (unpaired) electrons. The van der Waals surface area contributed by atoms with Crippen LogP contribution in [0.2, 0.25) is 0 Å². The van der Waals surface area contributed by atoms with E-state index in [1.807, 2.05) is 4.90 Å². The molecule has 0 bridgehead atoms. The second kappa shape index (κ2) is 9.44. The van der Waals surface area contributed by atoms with Gasteiger partial charge < -0.3 is 10.2 Å². The minimum absolute atomic E-state index is 0.000175. The first-order chi connectivity index (χ1) is 13.6. The Hall–Kier alpha value is -2.76. The van der Waals surface area contributed by atoms with Crippen molar-refractivity contribution in [2.45, 2.75) is 32.7 Å². The highest BCUT2D eigenvalue weighted by atomic mass is 19.1. The number of nitrogens with zero attached hydrogens (tertiary/aromatic N) is 2. The molecule has 1 aromatic heterocycles. The third kappa shape index (κ3) is 5.15. The van der Waals surface area contributed by atoms with Gasteiger partial charge in [0, 0.05) is 38.4 Å². The first kappa shape index (κ1) is 20.0. The summed E-state index contributed by atoms with van der Waals surface area (Å²) in [5.41, 5.74) is 1.48. The largest absolute Gasteiger partial charge is 0.352 e. The predicted octanol–water partition coefficient (Wildman–Crippen LogP) is 3.42. The lowest BCUT2D eigenvalue weighted by atomic mass is 9.81. The topological polar surface area (TPSA) is 62.3 Å². The maximum atomic E-state index is 13.0. The van der Waals surface area contributed by atoms with Crippen LogP contribution in [0, 0.1) is 17.7 Å². The van der Waals surface area contributed by atoms with E-state index in [2.05, 4.69) is 17.2 Å². The summed E-state index contributed by atoms with van der Waals surface area (Å²) in [5, 5.41) is 2.92. The molecule has 1 N–H and O–H groups in total. The quantitative estimate of drug-likeness (QED) is 0.831. The molecule has 2 aromatic rings. The van der Waals surface area contributed by atoms with Crippen LogP contribution >= 0.6 is 0 Å². The summed E-state index contributed by atoms with van der Waals surface area (Å²) in [7, 11) is 0. The molecule has 1 aromatic carbocycles. The molecule has 6 heteroatoms. The average Bonchev–Trinajstić information content (AvgIpc) is 2.73. The molecule has 1 fully saturated rings. The number of benzene rings is 1. The van der Waals surface area contributed by atoms with Gasteiger partial charge in [0.1, 0.15) is 5.82 Å². The van der Waals surface area contributed by atoms with Crippen molar-refractivity contribution in [3.63, 3.8) is 0 Å². The van der Waals surface area contributed by atoms with E-state index in [0.717, 1.165) is 18.4 Å². The molecule has 0 saturated carbocycles. The van der Waals surface area contributed by atoms with Crippen molar-refractivity contribution in [1.82, 2.24) is 15.2 Å². The van der Waals surface area contributed by atoms with Crippen molar-refractivity contribution in [3.05, 3.63) is 65.7 Å². The van der Waals surface area contributed by atoms with Crippen LogP contribution in [0.4, 0.5) is 4.39 Å². The molecule has 2 amide bonds. The Morgan fingerprint density at radius 1 is 1.21 bits per heavy atom. The first-order valence-corrected chi connectivity index (χ1v) is 9.77. The molecular weight excluding hydrogens is 357 g/mol. The highest BCUT2D eigenvalue weighted by Gasteiger charge is 2.32. The van der Waals surface area contributed by atoms with Crippen LogP contribution < -0.4 is 5.32 Å². The van der Waals surface area contributed by atoms with Crippen LogP contribution in [-0.4, -0.2) is 34.8 Å². The minimum atomic E-state index is -0.284. The highest BCUT2D eigenvalue weighted by molar-refractivity contribution is 5.94. The number of rotatable bonds is 6. The Kier molecular flexibility index (Phi) is 6.74. The lowest BCUT2D eigenvalue weighted by Crippen LogP contribution is -2.44. The molecule has 28 heavy (non-hydrogen) atoms. The number of aromatic nitrogens is 1. The fraction of sp³-hybridized carbons (Fsp3) is 0.409. The van der Waals surface area contributed by atoms with E-state index in [-0.39, 0.29) is 23.5 Å². The lowest BCUT2D eigenvalue weighted by Gasteiger charge is -2.38. The number of halogens is 1. The number of pyridine rings is 1. The Bertz CT molecular complexity index is 795. The Balaban J connectivity index is 1.51. The lowest BCUT2D eigenvalue weighted by molar-refractivity contribution is -0.123. The Morgan fingerprint density at radius 2 is 2.00 bits per heavy atom. The average molecular weight is 383 g/mol. The molecule has 1 aliphatic rings. The van der Waals surface area contributed by atoms with E-state index in [1.165, 1.54) is 12.1 Å². The van der Waals surface area contributed by atoms with Crippen molar-refractivity contribution in [2.24, 2.45) is 11.8 Å². The fourth-order valence-corrected chi connectivity index (χ4v) is 3.78. The van der Waals surface area contributed by atoms with Gasteiger partial charge in [0.15, 0.2) is 0 Å². The van der Waals surface area contributed by atoms with Crippen LogP contribution in [0.15, 0.2) is 48.8 Å². The molecule has 148 valence electrons. The van der Waals surface area contributed by atoms with Gasteiger partial charge in [0.25, 0.3) is 5.91 Å². The minimum Gasteiger partial charge on any atom is -0.352 e. The molecule has 1 aliphatic heterocycles. The number of piperidine rings is 1. The summed E-state index contributed by atoms with van der Waals surface area (Å²) < 4.78 is 13.0. The molecular formula is C22H26FN3O2. The third-order valence-corrected chi connectivity index (χ3v) is 5.46. The maximum Gasteiger partial charge on any atom is 0.255 e. The van der Waals surface area contributed by atoms with Gasteiger partial charge in [0.05, 0.1) is 5.56 Å². The molecule has 0 unspecified atom stereocenters. The van der Waals surface area contributed by atoms with Crippen LogP contribution in [0.25, 0.3) is 0 Å². The smallest absolute Gasteiger partial charge is 0.255 e. The predicted molar refractivity (Wildman–Crippen MR) is 105 cm³/mol. The monoisotopic (exact) mass is 383 g/mol. The number of carbonyl (C=O) groups excluding carboxylic acids is 2. The normalized spacial score (nSPS) is 19.3. The van der Waals surface area contributed by atoms with Gasteiger partial charge in [-0.15, -0.1) is 0 Å². The third-order valence-electron chi connectivity index (χ3n) is 5.46. The SMILES string of the molecule is CC[C@@H]1CN(C(=O)c2cccnc2)CC[C@H]1CC(=O)NCc1ccc(F)cc1. The van der Waals surface area contributed by atoms with Crippen molar-refractivity contribution in [2.75, 3.05) is 13.1 Å². The van der Waals surface area contributed by atoms with Crippen molar-refractivity contribution in [3.8, 4) is 0 Å². The van der Waals surface area contributed by atoms with E-state index in [4.69, 9.17) is 0 Å². The number of hydrogen-bond acceptors (Lipinski definition) is 3. The van der Waals surface area contributed by atoms with Gasteiger partial charge in [-0.3, -0.25) is 14.6 Å². The molecule has 5 nitrogen and oxygen atoms in total. The van der Waals surface area contributed by atoms with E-state index in [9.17, 15) is 14.0 Å². The number of hydrogen-bond donors (Lipinski definition) is 1. The zero-order chi connectivity index (χ0) is 19.9. The molecule has 0 aliphatic carbocycles. The summed E-state index contributed by atoms with van der Waals surface area (Å²) >= 11 is 0. The van der Waals surface area contributed by atoms with Gasteiger partial charge in [0.2, 0.25) is 5.91 Å². The van der Waals surface area contributed by atoms with Gasteiger partial charge >= 0.3 is 0 Å². The number of nitrogens with one attached hydrogen (secondary N) is 1. The van der Waals surface area contributed by atoms with E-state index < -0.39 is 0 Å². The molecule has 1 saturated heterocycles. The van der Waals surface area contributed by atoms with Crippen LogP contribution in [0.5, 0.6) is 0 Å². The van der Waals surface area contributed by atoms with Crippen LogP contribution in [0.3, 0.4) is 0 Å². The van der Waals surface area contributed by atoms with Gasteiger partial charge in [-0.1, -0.05) is 25.5 Å². The molecule has 0 spiro atoms. The number of likely N-dealkylation sites (tertiary alicyclic amines) is 1. The number of amides is 2. The van der Waals surface area contributed by atoms with Crippen molar-refractivity contribution < 1.29 is 14.0 Å². The first-order valence-electron chi connectivity index (χ1n) is 9.77. The summed E-state index contributed by atoms with van der Waals surface area (Å²) in [6.45, 7) is 3.82. The number of carbonyl (C=O) groups is 2. The van der Waals surface area contributed by atoms with E-state index in [0.29, 0.717) is 37.5 Å². The van der Waals surface area contributed by atoms with Crippen molar-refractivity contribution >= 4 is 11.8 Å². The summed E-state index contributed by atoms with van der Waals surface area (Å²) in [6, 6.07) is 9.68. The van der Waals surface area contributed by atoms with Crippen LogP contribution in [0.1, 0.15) is 42.1 Å². The molecule has 2 atom stereocenters. The van der Waals surface area contributed by atoms with Crippen molar-refractivity contribution in [1.29, 1.82) is 0 Å². The summed E-state index contributed by atoms with van der Waals surface area (Å²) in [5.74, 6) is 0.279. The van der Waals surface area contributed by atoms with Gasteiger partial charge in [-0.2, -0.15) is 0 Å². The standard InChI is InChI=1S/C22H26FN3O2/c1-2-17-15-26(22(28)19-4-3-10-24-14-19)11-9-18(17)12-21(27)25-13-16-5-7-20(23)8-6-16/h3-8,10,14,17-18H,2,9,11-13,15H2,1H3,(H,25,27)/t17-,18+/m1/s1. The van der Waals surface area contributed by atoms with E-state index in [1.54, 1.807) is 36.7 Å². The maximum absolute atomic E-state index is 13.0. The summed E-state index contributed by atoms with van der Waals surface area (Å²) in [4.78, 5) is 30.9.